The molecule has 0 aliphatic carbocycles. The molecule has 0 atom stereocenters. The van der Waals surface area contributed by atoms with Crippen LogP contribution in [0.4, 0.5) is 0 Å². The first-order valence-electron chi connectivity index (χ1n) is 27.6. The van der Waals surface area contributed by atoms with E-state index in [-0.39, 0.29) is 0 Å². The van der Waals surface area contributed by atoms with Gasteiger partial charge < -0.3 is 0 Å². The van der Waals surface area contributed by atoms with Gasteiger partial charge in [0, 0.05) is 49.9 Å². The Bertz CT molecular complexity index is 4400. The molecule has 11 aromatic carbocycles. The molecule has 0 saturated carbocycles. The van der Waals surface area contributed by atoms with Crippen LogP contribution in [0, 0.1) is 0 Å². The Labute approximate surface area is 477 Å². The molecule has 82 heavy (non-hydrogen) atoms. The van der Waals surface area contributed by atoms with Gasteiger partial charge in [-0.15, -0.1) is 0 Å². The molecule has 3 aromatic heterocycles. The molecule has 0 aliphatic heterocycles. The predicted molar refractivity (Wildman–Crippen MR) is 338 cm³/mol. The zero-order valence-electron chi connectivity index (χ0n) is 44.7. The van der Waals surface area contributed by atoms with Gasteiger partial charge in [-0.3, -0.25) is 0 Å². The average molecular weight is 1050 g/mol. The molecule has 0 amide bonds. The van der Waals surface area contributed by atoms with Crippen LogP contribution in [-0.2, 0) is 0 Å². The van der Waals surface area contributed by atoms with Gasteiger partial charge in [0.2, 0.25) is 0 Å². The maximum absolute atomic E-state index is 5.58. The fraction of sp³-hybridized carbons (Fsp3) is 0. The molecule has 0 radical (unpaired) electrons. The van der Waals surface area contributed by atoms with Crippen molar-refractivity contribution >= 4 is 10.9 Å². The highest BCUT2D eigenvalue weighted by Crippen LogP contribution is 2.41. The second-order valence-corrected chi connectivity index (χ2v) is 20.4. The fourth-order valence-corrected chi connectivity index (χ4v) is 10.8. The second-order valence-electron chi connectivity index (χ2n) is 20.4. The number of aromatic nitrogens is 5. The zero-order valence-corrected chi connectivity index (χ0v) is 44.7. The van der Waals surface area contributed by atoms with Crippen LogP contribution >= 0.6 is 0 Å². The third-order valence-electron chi connectivity index (χ3n) is 15.2. The van der Waals surface area contributed by atoms with Gasteiger partial charge in [-0.2, -0.15) is 0 Å². The summed E-state index contributed by atoms with van der Waals surface area (Å²) < 4.78 is 0. The van der Waals surface area contributed by atoms with Crippen molar-refractivity contribution in [1.29, 1.82) is 0 Å². The van der Waals surface area contributed by atoms with E-state index in [2.05, 4.69) is 267 Å². The molecule has 0 spiro atoms. The number of pyridine rings is 1. The summed E-state index contributed by atoms with van der Waals surface area (Å²) in [6, 6.07) is 108. The molecule has 14 rings (SSSR count). The number of rotatable bonds is 12. The van der Waals surface area contributed by atoms with E-state index in [4.69, 9.17) is 24.9 Å². The van der Waals surface area contributed by atoms with E-state index in [1.807, 2.05) is 42.5 Å². The van der Waals surface area contributed by atoms with Crippen LogP contribution in [-0.4, -0.2) is 24.9 Å². The van der Waals surface area contributed by atoms with E-state index in [1.54, 1.807) is 0 Å². The van der Waals surface area contributed by atoms with Gasteiger partial charge in [0.15, 0.2) is 11.6 Å². The van der Waals surface area contributed by atoms with Crippen molar-refractivity contribution < 1.29 is 0 Å². The molecule has 0 saturated heterocycles. The molecule has 0 unspecified atom stereocenters. The normalized spacial score (nSPS) is 11.2. The summed E-state index contributed by atoms with van der Waals surface area (Å²) in [5.41, 5.74) is 23.1. The highest BCUT2D eigenvalue weighted by Gasteiger charge is 2.20. The van der Waals surface area contributed by atoms with Crippen molar-refractivity contribution in [3.63, 3.8) is 0 Å². The highest BCUT2D eigenvalue weighted by molar-refractivity contribution is 6.05. The number of fused-ring (bicyclic) bond motifs is 1. The first kappa shape index (κ1) is 49.3. The van der Waals surface area contributed by atoms with Crippen LogP contribution in [0.15, 0.2) is 309 Å². The van der Waals surface area contributed by atoms with Crippen LogP contribution in [0.25, 0.3) is 146 Å². The Hall–Kier alpha value is -11.0. The topological polar surface area (TPSA) is 64.5 Å². The minimum atomic E-state index is 0.614. The van der Waals surface area contributed by atoms with E-state index in [0.717, 1.165) is 128 Å². The number of benzene rings is 11. The maximum atomic E-state index is 5.58. The third-order valence-corrected chi connectivity index (χ3v) is 15.2. The summed E-state index contributed by atoms with van der Waals surface area (Å²) >= 11 is 0. The van der Waals surface area contributed by atoms with Crippen LogP contribution in [0.2, 0.25) is 0 Å². The van der Waals surface area contributed by atoms with Gasteiger partial charge in [-0.25, -0.2) is 24.9 Å². The quantitative estimate of drug-likeness (QED) is 0.122. The fourth-order valence-electron chi connectivity index (χ4n) is 10.8. The van der Waals surface area contributed by atoms with Crippen molar-refractivity contribution in [2.45, 2.75) is 0 Å². The van der Waals surface area contributed by atoms with E-state index >= 15 is 0 Å². The molecule has 3 heterocycles. The van der Waals surface area contributed by atoms with E-state index in [0.29, 0.717) is 11.6 Å². The van der Waals surface area contributed by atoms with Crippen molar-refractivity contribution in [3.05, 3.63) is 309 Å². The van der Waals surface area contributed by atoms with Crippen molar-refractivity contribution in [1.82, 2.24) is 24.9 Å². The minimum Gasteiger partial charge on any atom is -0.248 e. The van der Waals surface area contributed by atoms with Crippen molar-refractivity contribution in [2.24, 2.45) is 0 Å². The maximum Gasteiger partial charge on any atom is 0.160 e. The van der Waals surface area contributed by atoms with Gasteiger partial charge in [0.25, 0.3) is 0 Å². The molecule has 0 fully saturated rings. The summed E-state index contributed by atoms with van der Waals surface area (Å²) in [4.78, 5) is 26.8. The molecule has 0 bridgehead atoms. The highest BCUT2D eigenvalue weighted by atomic mass is 14.9. The largest absolute Gasteiger partial charge is 0.248 e. The van der Waals surface area contributed by atoms with Crippen LogP contribution < -0.4 is 0 Å². The Morgan fingerprint density at radius 3 is 0.902 bits per heavy atom. The number of nitrogens with zero attached hydrogens (tertiary/aromatic N) is 5. The lowest BCUT2D eigenvalue weighted by atomic mass is 9.92. The monoisotopic (exact) mass is 1050 g/mol. The van der Waals surface area contributed by atoms with Crippen LogP contribution in [0.5, 0.6) is 0 Å². The average Bonchev–Trinajstić information content (AvgIpc) is 3.74. The Morgan fingerprint density at radius 1 is 0.171 bits per heavy atom. The molecular weight excluding hydrogens is 995 g/mol. The third kappa shape index (κ3) is 10.2. The van der Waals surface area contributed by atoms with Crippen molar-refractivity contribution in [3.8, 4) is 135 Å². The Morgan fingerprint density at radius 2 is 0.463 bits per heavy atom. The summed E-state index contributed by atoms with van der Waals surface area (Å²) in [5, 5.41) is 0.934. The van der Waals surface area contributed by atoms with Gasteiger partial charge in [-0.05, 0) is 80.4 Å². The first-order valence-corrected chi connectivity index (χ1v) is 27.6. The van der Waals surface area contributed by atoms with E-state index in [9.17, 15) is 0 Å². The smallest absolute Gasteiger partial charge is 0.160 e. The summed E-state index contributed by atoms with van der Waals surface area (Å²) in [6.45, 7) is 0. The zero-order chi connectivity index (χ0) is 54.6. The summed E-state index contributed by atoms with van der Waals surface area (Å²) in [7, 11) is 0. The minimum absolute atomic E-state index is 0.614. The number of hydrogen-bond acceptors (Lipinski definition) is 5. The molecule has 0 N–H and O–H groups in total. The van der Waals surface area contributed by atoms with Crippen LogP contribution in [0.3, 0.4) is 0 Å². The van der Waals surface area contributed by atoms with Gasteiger partial charge >= 0.3 is 0 Å². The lowest BCUT2D eigenvalue weighted by Gasteiger charge is -2.16. The lowest BCUT2D eigenvalue weighted by Crippen LogP contribution is -1.99. The predicted octanol–water partition coefficient (Wildman–Crippen LogP) is 19.8. The van der Waals surface area contributed by atoms with Gasteiger partial charge in [-0.1, -0.05) is 279 Å². The van der Waals surface area contributed by atoms with Gasteiger partial charge in [0.05, 0.1) is 34.0 Å². The van der Waals surface area contributed by atoms with Gasteiger partial charge in [0.1, 0.15) is 0 Å². The number of hydrogen-bond donors (Lipinski definition) is 0. The SMILES string of the molecule is c1ccc(-c2ccc(-c3cc(-c4ccc(-c5ccccc5)cc4)c4nc(-c5ccc(-c6cc(-c7ccccc7)cc(-c7ccccc7)n6)cc5)nc(-c5ccc(-c6nc(-c7ccccc7)cc(-c7ccccc7)n6)cc5)c4c3)cc2)cc1. The second kappa shape index (κ2) is 22.0. The lowest BCUT2D eigenvalue weighted by molar-refractivity contribution is 1.18. The molecular formula is C77H51N5. The van der Waals surface area contributed by atoms with Crippen LogP contribution in [0.1, 0.15) is 0 Å². The Kier molecular flexibility index (Phi) is 13.2. The standard InChI is InChI=1S/C77H51N5/c1-7-19-52(20-8-1)55-31-33-57(34-32-55)66-47-68(58-37-35-56(36-38-58)53-21-9-2-10-22-53)75-69(48-66)74(63-41-45-64(46-42-63)76-79-72(60-27-15-5-16-28-60)51-73(80-76)61-29-17-6-18-30-61)81-77(82-75)65-43-39-62(40-44-65)71-50-67(54-23-11-3-12-24-54)49-70(78-71)59-25-13-4-14-26-59/h1-51H. The molecule has 5 heteroatoms. The molecule has 5 nitrogen and oxygen atoms in total. The first-order chi connectivity index (χ1) is 40.6. The summed E-state index contributed by atoms with van der Waals surface area (Å²) in [6.07, 6.45) is 0. The van der Waals surface area contributed by atoms with E-state index in [1.165, 1.54) is 5.56 Å². The van der Waals surface area contributed by atoms with Crippen molar-refractivity contribution in [2.75, 3.05) is 0 Å². The summed E-state index contributed by atoms with van der Waals surface area (Å²) in [5.74, 6) is 1.25. The molecule has 384 valence electrons. The molecule has 14 aromatic rings. The molecule has 0 aliphatic rings. The van der Waals surface area contributed by atoms with E-state index < -0.39 is 0 Å². The Balaban J connectivity index is 0.938.